The number of carbonyl (C=O) groups excluding carboxylic acids is 2. The van der Waals surface area contributed by atoms with E-state index in [2.05, 4.69) is 27.4 Å². The smallest absolute Gasteiger partial charge is 0.251 e. The van der Waals surface area contributed by atoms with Crippen LogP contribution in [0.3, 0.4) is 0 Å². The highest BCUT2D eigenvalue weighted by Crippen LogP contribution is 2.39. The van der Waals surface area contributed by atoms with Gasteiger partial charge in [0.05, 0.1) is 12.0 Å². The summed E-state index contributed by atoms with van der Waals surface area (Å²) in [6.07, 6.45) is 5.29. The summed E-state index contributed by atoms with van der Waals surface area (Å²) in [5.74, 6) is 1.34. The molecule has 2 amide bonds. The van der Waals surface area contributed by atoms with Gasteiger partial charge in [0.1, 0.15) is 5.82 Å². The van der Waals surface area contributed by atoms with Gasteiger partial charge in [0.15, 0.2) is 5.82 Å². The first-order chi connectivity index (χ1) is 14.0. The number of rotatable bonds is 4. The molecule has 1 aliphatic carbocycles. The van der Waals surface area contributed by atoms with E-state index in [1.54, 1.807) is 12.1 Å². The highest BCUT2D eigenvalue weighted by Gasteiger charge is 2.45. The average Bonchev–Trinajstić information content (AvgIpc) is 3.34. The molecule has 0 unspecified atom stereocenters. The number of nitrogens with zero attached hydrogens (tertiary/aromatic N) is 3. The average molecular weight is 396 g/mol. The van der Waals surface area contributed by atoms with Crippen LogP contribution in [0.1, 0.15) is 67.0 Å². The van der Waals surface area contributed by atoms with Crippen LogP contribution < -0.4 is 5.32 Å². The number of H-pyrrole nitrogens is 1. The van der Waals surface area contributed by atoms with E-state index >= 15 is 0 Å². The summed E-state index contributed by atoms with van der Waals surface area (Å²) in [5, 5.41) is 10.3. The minimum absolute atomic E-state index is 0.122. The van der Waals surface area contributed by atoms with Crippen LogP contribution in [0.2, 0.25) is 0 Å². The largest absolute Gasteiger partial charge is 0.347 e. The molecule has 7 heteroatoms. The summed E-state index contributed by atoms with van der Waals surface area (Å²) in [6.45, 7) is 4.97. The monoisotopic (exact) mass is 395 g/mol. The predicted molar refractivity (Wildman–Crippen MR) is 109 cm³/mol. The van der Waals surface area contributed by atoms with Gasteiger partial charge in [-0.3, -0.25) is 14.7 Å². The van der Waals surface area contributed by atoms with Crippen molar-refractivity contribution in [3.63, 3.8) is 0 Å². The molecule has 1 saturated heterocycles. The fourth-order valence-corrected chi connectivity index (χ4v) is 4.67. The topological polar surface area (TPSA) is 91.0 Å². The van der Waals surface area contributed by atoms with E-state index in [1.807, 2.05) is 30.0 Å². The van der Waals surface area contributed by atoms with Crippen molar-refractivity contribution in [2.24, 2.45) is 5.41 Å². The lowest BCUT2D eigenvalue weighted by Gasteiger charge is -2.35. The Hall–Kier alpha value is -2.70. The molecule has 0 radical (unpaired) electrons. The maximum Gasteiger partial charge on any atom is 0.251 e. The number of likely N-dealkylation sites (tertiary alicyclic amines) is 1. The van der Waals surface area contributed by atoms with Crippen LogP contribution in [-0.2, 0) is 4.79 Å². The lowest BCUT2D eigenvalue weighted by Crippen LogP contribution is -2.44. The van der Waals surface area contributed by atoms with Crippen molar-refractivity contribution >= 4 is 11.8 Å². The molecule has 0 bridgehead atoms. The minimum Gasteiger partial charge on any atom is -0.347 e. The first-order valence-corrected chi connectivity index (χ1v) is 10.5. The molecule has 2 atom stereocenters. The number of aryl methyl sites for hydroxylation is 1. The molecule has 1 aromatic heterocycles. The van der Waals surface area contributed by atoms with Crippen LogP contribution in [0, 0.1) is 12.3 Å². The molecule has 2 fully saturated rings. The first kappa shape index (κ1) is 19.6. The molecule has 2 aliphatic rings. The second-order valence-corrected chi connectivity index (χ2v) is 8.66. The van der Waals surface area contributed by atoms with Gasteiger partial charge in [0.2, 0.25) is 5.91 Å². The van der Waals surface area contributed by atoms with Crippen molar-refractivity contribution in [2.45, 2.75) is 57.9 Å². The van der Waals surface area contributed by atoms with Gasteiger partial charge in [-0.25, -0.2) is 4.98 Å². The molecule has 1 aromatic carbocycles. The Morgan fingerprint density at radius 3 is 2.52 bits per heavy atom. The van der Waals surface area contributed by atoms with Gasteiger partial charge in [-0.15, -0.1) is 0 Å². The van der Waals surface area contributed by atoms with Gasteiger partial charge in [0, 0.05) is 24.1 Å². The van der Waals surface area contributed by atoms with E-state index < -0.39 is 0 Å². The van der Waals surface area contributed by atoms with Gasteiger partial charge < -0.3 is 10.2 Å². The van der Waals surface area contributed by atoms with Crippen LogP contribution in [0.4, 0.5) is 0 Å². The van der Waals surface area contributed by atoms with Gasteiger partial charge in [0.25, 0.3) is 5.91 Å². The minimum atomic E-state index is -0.296. The lowest BCUT2D eigenvalue weighted by atomic mass is 9.74. The number of hydrogen-bond donors (Lipinski definition) is 2. The first-order valence-electron chi connectivity index (χ1n) is 10.5. The molecule has 29 heavy (non-hydrogen) atoms. The summed E-state index contributed by atoms with van der Waals surface area (Å²) in [6, 6.07) is 8.95. The normalized spacial score (nSPS) is 23.7. The second-order valence-electron chi connectivity index (χ2n) is 8.66. The Balaban J connectivity index is 1.54. The third-order valence-electron chi connectivity index (χ3n) is 6.38. The zero-order valence-corrected chi connectivity index (χ0v) is 17.1. The molecule has 1 saturated carbocycles. The molecule has 7 nitrogen and oxygen atoms in total. The number of nitrogens with one attached hydrogen (secondary N) is 2. The van der Waals surface area contributed by atoms with Crippen molar-refractivity contribution in [3.05, 3.63) is 47.5 Å². The molecule has 2 N–H and O–H groups in total. The maximum atomic E-state index is 13.4. The Bertz CT molecular complexity index is 872. The fraction of sp³-hybridized carbons (Fsp3) is 0.545. The van der Waals surface area contributed by atoms with Gasteiger partial charge in [-0.2, -0.15) is 5.10 Å². The summed E-state index contributed by atoms with van der Waals surface area (Å²) in [4.78, 5) is 32.5. The molecule has 2 heterocycles. The molecular formula is C22H29N5O2. The number of aromatic amines is 1. The van der Waals surface area contributed by atoms with Crippen molar-refractivity contribution in [2.75, 3.05) is 13.1 Å². The third kappa shape index (κ3) is 4.04. The predicted octanol–water partition coefficient (Wildman–Crippen LogP) is 2.81. The number of hydrogen-bond acceptors (Lipinski definition) is 4. The Morgan fingerprint density at radius 1 is 1.14 bits per heavy atom. The molecule has 4 rings (SSSR count). The lowest BCUT2D eigenvalue weighted by molar-refractivity contribution is -0.142. The third-order valence-corrected chi connectivity index (χ3v) is 6.38. The SMILES string of the molecule is Cc1nc([C@@H]2CN(C(=O)C3(C)CCCCC3)C[C@H]2NC(=O)c2ccccc2)n[nH]1. The molecule has 1 aliphatic heterocycles. The van der Waals surface area contributed by atoms with Crippen LogP contribution in [0.25, 0.3) is 0 Å². The molecule has 2 aromatic rings. The summed E-state index contributed by atoms with van der Waals surface area (Å²) in [5.41, 5.74) is 0.317. The molecular weight excluding hydrogens is 366 g/mol. The Labute approximate surface area is 171 Å². The number of amides is 2. The van der Waals surface area contributed by atoms with E-state index in [-0.39, 0.29) is 29.2 Å². The van der Waals surface area contributed by atoms with Crippen molar-refractivity contribution < 1.29 is 9.59 Å². The number of benzene rings is 1. The van der Waals surface area contributed by atoms with E-state index in [0.717, 1.165) is 31.5 Å². The molecule has 154 valence electrons. The van der Waals surface area contributed by atoms with E-state index in [4.69, 9.17) is 0 Å². The summed E-state index contributed by atoms with van der Waals surface area (Å²) in [7, 11) is 0. The Morgan fingerprint density at radius 2 is 1.86 bits per heavy atom. The highest BCUT2D eigenvalue weighted by molar-refractivity contribution is 5.94. The van der Waals surface area contributed by atoms with E-state index in [1.165, 1.54) is 6.42 Å². The zero-order valence-electron chi connectivity index (χ0n) is 17.1. The zero-order chi connectivity index (χ0) is 20.4. The number of aromatic nitrogens is 3. The summed E-state index contributed by atoms with van der Waals surface area (Å²) >= 11 is 0. The summed E-state index contributed by atoms with van der Waals surface area (Å²) < 4.78 is 0. The number of carbonyl (C=O) groups is 2. The highest BCUT2D eigenvalue weighted by atomic mass is 16.2. The Kier molecular flexibility index (Phi) is 5.39. The van der Waals surface area contributed by atoms with Crippen LogP contribution in [0.5, 0.6) is 0 Å². The second kappa shape index (κ2) is 7.97. The van der Waals surface area contributed by atoms with Crippen LogP contribution in [0.15, 0.2) is 30.3 Å². The maximum absolute atomic E-state index is 13.4. The van der Waals surface area contributed by atoms with Crippen molar-refractivity contribution in [1.29, 1.82) is 0 Å². The van der Waals surface area contributed by atoms with Crippen LogP contribution >= 0.6 is 0 Å². The van der Waals surface area contributed by atoms with Gasteiger partial charge in [-0.1, -0.05) is 44.4 Å². The van der Waals surface area contributed by atoms with Crippen molar-refractivity contribution in [1.82, 2.24) is 25.4 Å². The van der Waals surface area contributed by atoms with E-state index in [0.29, 0.717) is 24.5 Å². The standard InChI is InChI=1S/C22H29N5O2/c1-15-23-19(26-25-15)17-13-27(21(29)22(2)11-7-4-8-12-22)14-18(17)24-20(28)16-9-5-3-6-10-16/h3,5-6,9-10,17-18H,4,7-8,11-14H2,1-2H3,(H,24,28)(H,23,25,26)/t17-,18-/m1/s1. The van der Waals surface area contributed by atoms with Crippen LogP contribution in [-0.4, -0.2) is 51.0 Å². The van der Waals surface area contributed by atoms with E-state index in [9.17, 15) is 9.59 Å². The van der Waals surface area contributed by atoms with Gasteiger partial charge in [-0.05, 0) is 31.9 Å². The quantitative estimate of drug-likeness (QED) is 0.833. The molecule has 0 spiro atoms. The van der Waals surface area contributed by atoms with Crippen molar-refractivity contribution in [3.8, 4) is 0 Å². The van der Waals surface area contributed by atoms with Gasteiger partial charge >= 0.3 is 0 Å². The fourth-order valence-electron chi connectivity index (χ4n) is 4.67.